The van der Waals surface area contributed by atoms with Crippen LogP contribution in [0.5, 0.6) is 0 Å². The zero-order valence-electron chi connectivity index (χ0n) is 15.6. The molecule has 0 bridgehead atoms. The lowest BCUT2D eigenvalue weighted by Gasteiger charge is -2.07. The maximum Gasteiger partial charge on any atom is 0.248 e. The predicted molar refractivity (Wildman–Crippen MR) is 112 cm³/mol. The summed E-state index contributed by atoms with van der Waals surface area (Å²) in [5.74, 6) is -0.257. The van der Waals surface area contributed by atoms with Crippen molar-refractivity contribution in [2.45, 2.75) is 25.7 Å². The molecule has 2 aromatic carbocycles. The van der Waals surface area contributed by atoms with Crippen molar-refractivity contribution in [2.24, 2.45) is 11.5 Å². The minimum absolute atomic E-state index is 0.0480. The molecule has 0 heterocycles. The smallest absolute Gasteiger partial charge is 0.248 e. The van der Waals surface area contributed by atoms with Crippen LogP contribution in [0.25, 0.3) is 12.2 Å². The van der Waals surface area contributed by atoms with E-state index in [1.54, 1.807) is 24.3 Å². The summed E-state index contributed by atoms with van der Waals surface area (Å²) in [5.41, 5.74) is 15.8. The van der Waals surface area contributed by atoms with Crippen molar-refractivity contribution in [2.75, 3.05) is 0 Å². The maximum absolute atomic E-state index is 12.5. The molecule has 1 aliphatic carbocycles. The predicted octanol–water partition coefficient (Wildman–Crippen LogP) is 3.68. The standard InChI is InChI=1S/C23H23N3O2/c24-22(25)18-8-4-15(5-9-18)12-17-2-1-3-21(27)20(14-17)13-16-6-10-19(11-7-16)23(26)28/h4-13H,1-3,14H2,(H3,24,25)(H2,26,28)/b17-12?,20-13+. The number of hydrogen-bond acceptors (Lipinski definition) is 3. The summed E-state index contributed by atoms with van der Waals surface area (Å²) in [6.45, 7) is 0. The molecule has 1 fully saturated rings. The molecule has 5 N–H and O–H groups in total. The highest BCUT2D eigenvalue weighted by Gasteiger charge is 2.17. The van der Waals surface area contributed by atoms with Crippen LogP contribution >= 0.6 is 0 Å². The molecule has 0 atom stereocenters. The number of nitrogens with one attached hydrogen (secondary N) is 1. The van der Waals surface area contributed by atoms with Crippen LogP contribution in [-0.2, 0) is 4.79 Å². The van der Waals surface area contributed by atoms with Gasteiger partial charge in [-0.15, -0.1) is 0 Å². The molecule has 0 unspecified atom stereocenters. The molecule has 0 saturated heterocycles. The van der Waals surface area contributed by atoms with Crippen LogP contribution in [0.15, 0.2) is 59.7 Å². The van der Waals surface area contributed by atoms with Crippen molar-refractivity contribution in [3.63, 3.8) is 0 Å². The molecule has 0 aromatic heterocycles. The van der Waals surface area contributed by atoms with Gasteiger partial charge >= 0.3 is 0 Å². The Labute approximate surface area is 164 Å². The summed E-state index contributed by atoms with van der Waals surface area (Å²) in [6.07, 6.45) is 6.83. The van der Waals surface area contributed by atoms with Crippen LogP contribution in [0, 0.1) is 5.41 Å². The Morgan fingerprint density at radius 1 is 0.857 bits per heavy atom. The quantitative estimate of drug-likeness (QED) is 0.329. The van der Waals surface area contributed by atoms with E-state index in [1.807, 2.05) is 30.3 Å². The maximum atomic E-state index is 12.5. The Kier molecular flexibility index (Phi) is 5.84. The van der Waals surface area contributed by atoms with Gasteiger partial charge in [-0.05, 0) is 54.2 Å². The number of nitrogens with two attached hydrogens (primary N) is 2. The second-order valence-electron chi connectivity index (χ2n) is 6.95. The minimum atomic E-state index is -0.467. The number of rotatable bonds is 4. The normalized spacial score (nSPS) is 17.5. The molecule has 3 rings (SSSR count). The van der Waals surface area contributed by atoms with E-state index in [9.17, 15) is 9.59 Å². The third-order valence-electron chi connectivity index (χ3n) is 4.81. The Hall–Kier alpha value is -3.47. The molecule has 1 aliphatic rings. The zero-order chi connectivity index (χ0) is 20.1. The van der Waals surface area contributed by atoms with Crippen molar-refractivity contribution in [3.8, 4) is 0 Å². The van der Waals surface area contributed by atoms with Crippen LogP contribution in [0.3, 0.4) is 0 Å². The van der Waals surface area contributed by atoms with Crippen LogP contribution in [0.1, 0.15) is 52.7 Å². The highest BCUT2D eigenvalue weighted by Crippen LogP contribution is 2.28. The molecule has 2 aromatic rings. The Bertz CT molecular complexity index is 968. The van der Waals surface area contributed by atoms with E-state index in [0.29, 0.717) is 24.0 Å². The Morgan fingerprint density at radius 2 is 1.43 bits per heavy atom. The number of allylic oxidation sites excluding steroid dienone is 2. The molecular weight excluding hydrogens is 350 g/mol. The molecule has 0 aliphatic heterocycles. The Morgan fingerprint density at radius 3 is 2.00 bits per heavy atom. The van der Waals surface area contributed by atoms with Gasteiger partial charge in [0.1, 0.15) is 5.84 Å². The SMILES string of the molecule is N=C(N)c1ccc(C=C2CCCC(=O)/C(=C/c3ccc(C(N)=O)cc3)C2)cc1. The van der Waals surface area contributed by atoms with Crippen molar-refractivity contribution in [3.05, 3.63) is 81.9 Å². The Balaban J connectivity index is 1.84. The summed E-state index contributed by atoms with van der Waals surface area (Å²) in [4.78, 5) is 23.7. The number of nitrogen functional groups attached to an aromatic ring is 1. The fraction of sp³-hybridized carbons (Fsp3) is 0.174. The molecule has 142 valence electrons. The van der Waals surface area contributed by atoms with Gasteiger partial charge in [0.25, 0.3) is 0 Å². The first kappa shape index (κ1) is 19.3. The number of hydrogen-bond donors (Lipinski definition) is 3. The monoisotopic (exact) mass is 373 g/mol. The third kappa shape index (κ3) is 4.82. The van der Waals surface area contributed by atoms with Gasteiger partial charge in [-0.2, -0.15) is 0 Å². The topological polar surface area (TPSA) is 110 Å². The van der Waals surface area contributed by atoms with Crippen LogP contribution in [0.2, 0.25) is 0 Å². The van der Waals surface area contributed by atoms with Gasteiger partial charge in [0.2, 0.25) is 5.91 Å². The first-order chi connectivity index (χ1) is 13.4. The second kappa shape index (κ2) is 8.48. The zero-order valence-corrected chi connectivity index (χ0v) is 15.6. The highest BCUT2D eigenvalue weighted by molar-refractivity contribution is 6.00. The summed E-state index contributed by atoms with van der Waals surface area (Å²) < 4.78 is 0. The lowest BCUT2D eigenvalue weighted by molar-refractivity contribution is -0.115. The fourth-order valence-electron chi connectivity index (χ4n) is 3.26. The van der Waals surface area contributed by atoms with Crippen LogP contribution in [0.4, 0.5) is 0 Å². The van der Waals surface area contributed by atoms with Crippen molar-refractivity contribution in [1.29, 1.82) is 5.41 Å². The first-order valence-corrected chi connectivity index (χ1v) is 9.20. The van der Waals surface area contributed by atoms with E-state index in [1.165, 1.54) is 5.57 Å². The number of primary amides is 1. The van der Waals surface area contributed by atoms with E-state index in [4.69, 9.17) is 16.9 Å². The molecule has 5 nitrogen and oxygen atoms in total. The van der Waals surface area contributed by atoms with E-state index in [0.717, 1.165) is 29.5 Å². The molecule has 28 heavy (non-hydrogen) atoms. The second-order valence-corrected chi connectivity index (χ2v) is 6.95. The van der Waals surface area contributed by atoms with Crippen molar-refractivity contribution < 1.29 is 9.59 Å². The molecule has 1 saturated carbocycles. The molecule has 1 amide bonds. The fourth-order valence-corrected chi connectivity index (χ4v) is 3.26. The summed E-state index contributed by atoms with van der Waals surface area (Å²) >= 11 is 0. The lowest BCUT2D eigenvalue weighted by atomic mass is 9.98. The van der Waals surface area contributed by atoms with Gasteiger partial charge in [0.05, 0.1) is 0 Å². The summed E-state index contributed by atoms with van der Waals surface area (Å²) in [6, 6.07) is 14.5. The average Bonchev–Trinajstić information content (AvgIpc) is 2.84. The van der Waals surface area contributed by atoms with E-state index >= 15 is 0 Å². The third-order valence-corrected chi connectivity index (χ3v) is 4.81. The van der Waals surface area contributed by atoms with Gasteiger partial charge in [-0.3, -0.25) is 15.0 Å². The van der Waals surface area contributed by atoms with Gasteiger partial charge in [0.15, 0.2) is 5.78 Å². The van der Waals surface area contributed by atoms with Crippen molar-refractivity contribution >= 4 is 29.7 Å². The van der Waals surface area contributed by atoms with Gasteiger partial charge in [-0.25, -0.2) is 0 Å². The summed E-state index contributed by atoms with van der Waals surface area (Å²) in [7, 11) is 0. The van der Waals surface area contributed by atoms with Gasteiger partial charge in [0, 0.05) is 17.5 Å². The van der Waals surface area contributed by atoms with Crippen molar-refractivity contribution in [1.82, 2.24) is 0 Å². The van der Waals surface area contributed by atoms with E-state index in [2.05, 4.69) is 6.08 Å². The number of ketones is 1. The number of Topliss-reactive ketones (excluding diaryl/α,β-unsaturated/α-hetero) is 1. The molecule has 5 heteroatoms. The lowest BCUT2D eigenvalue weighted by Crippen LogP contribution is -2.10. The van der Waals surface area contributed by atoms with Gasteiger partial charge in [-0.1, -0.05) is 48.0 Å². The van der Waals surface area contributed by atoms with E-state index in [-0.39, 0.29) is 11.6 Å². The largest absolute Gasteiger partial charge is 0.384 e. The average molecular weight is 373 g/mol. The van der Waals surface area contributed by atoms with E-state index < -0.39 is 5.91 Å². The summed E-state index contributed by atoms with van der Waals surface area (Å²) in [5, 5.41) is 7.47. The number of carbonyl (C=O) groups excluding carboxylic acids is 2. The number of benzene rings is 2. The molecule has 0 spiro atoms. The molecular formula is C23H23N3O2. The number of carbonyl (C=O) groups is 2. The van der Waals surface area contributed by atoms with Crippen LogP contribution < -0.4 is 11.5 Å². The molecule has 0 radical (unpaired) electrons. The van der Waals surface area contributed by atoms with Gasteiger partial charge < -0.3 is 11.5 Å². The first-order valence-electron chi connectivity index (χ1n) is 9.20. The minimum Gasteiger partial charge on any atom is -0.384 e. The van der Waals surface area contributed by atoms with Crippen LogP contribution in [-0.4, -0.2) is 17.5 Å². The number of amides is 1. The highest BCUT2D eigenvalue weighted by atomic mass is 16.1. The number of amidine groups is 1.